The van der Waals surface area contributed by atoms with Crippen molar-refractivity contribution in [2.45, 2.75) is 6.54 Å². The Kier molecular flexibility index (Phi) is 2.72. The van der Waals surface area contributed by atoms with Gasteiger partial charge in [0.2, 0.25) is 0 Å². The van der Waals surface area contributed by atoms with Gasteiger partial charge < -0.3 is 5.73 Å². The van der Waals surface area contributed by atoms with E-state index in [1.807, 2.05) is 41.3 Å². The molecular weight excluding hydrogens is 289 g/mol. The molecule has 2 rings (SSSR count). The van der Waals surface area contributed by atoms with Crippen LogP contribution in [0.3, 0.4) is 0 Å². The van der Waals surface area contributed by atoms with Gasteiger partial charge in [-0.3, -0.25) is 4.68 Å². The normalized spacial score (nSPS) is 10.4. The topological polar surface area (TPSA) is 43.8 Å². The Morgan fingerprint density at radius 2 is 2.00 bits per heavy atom. The van der Waals surface area contributed by atoms with Crippen LogP contribution in [0.1, 0.15) is 5.56 Å². The molecule has 1 aromatic carbocycles. The van der Waals surface area contributed by atoms with Gasteiger partial charge in [-0.15, -0.1) is 0 Å². The fourth-order valence-electron chi connectivity index (χ4n) is 1.23. The summed E-state index contributed by atoms with van der Waals surface area (Å²) in [5.74, 6) is 0. The maximum Gasteiger partial charge on any atom is 0.0659 e. The SMILES string of the molecule is Nc1ccc(Cn2cc(I)cn2)cc1. The number of anilines is 1. The maximum absolute atomic E-state index is 5.60. The van der Waals surface area contributed by atoms with Gasteiger partial charge in [0.25, 0.3) is 0 Å². The summed E-state index contributed by atoms with van der Waals surface area (Å²) in [6.45, 7) is 0.795. The number of benzene rings is 1. The lowest BCUT2D eigenvalue weighted by atomic mass is 10.2. The van der Waals surface area contributed by atoms with Crippen molar-refractivity contribution >= 4 is 28.3 Å². The molecule has 72 valence electrons. The summed E-state index contributed by atoms with van der Waals surface area (Å²) < 4.78 is 3.06. The number of hydrogen-bond donors (Lipinski definition) is 1. The first-order valence-electron chi connectivity index (χ1n) is 4.26. The predicted octanol–water partition coefficient (Wildman–Crippen LogP) is 2.12. The molecule has 0 aliphatic heterocycles. The van der Waals surface area contributed by atoms with Crippen molar-refractivity contribution in [3.05, 3.63) is 45.8 Å². The van der Waals surface area contributed by atoms with Crippen LogP contribution in [0, 0.1) is 3.57 Å². The van der Waals surface area contributed by atoms with E-state index in [2.05, 4.69) is 27.7 Å². The monoisotopic (exact) mass is 299 g/mol. The molecule has 0 amide bonds. The van der Waals surface area contributed by atoms with Crippen LogP contribution in [0.2, 0.25) is 0 Å². The number of hydrogen-bond acceptors (Lipinski definition) is 2. The summed E-state index contributed by atoms with van der Waals surface area (Å²) >= 11 is 2.25. The molecule has 0 aliphatic rings. The average Bonchev–Trinajstić information content (AvgIpc) is 2.56. The number of nitrogens with two attached hydrogens (primary N) is 1. The van der Waals surface area contributed by atoms with E-state index in [9.17, 15) is 0 Å². The maximum atomic E-state index is 5.60. The Labute approximate surface area is 96.1 Å². The highest BCUT2D eigenvalue weighted by molar-refractivity contribution is 14.1. The van der Waals surface area contributed by atoms with Crippen LogP contribution in [-0.4, -0.2) is 9.78 Å². The first kappa shape index (κ1) is 9.51. The van der Waals surface area contributed by atoms with Crippen molar-refractivity contribution < 1.29 is 0 Å². The van der Waals surface area contributed by atoms with Crippen LogP contribution in [0.5, 0.6) is 0 Å². The first-order chi connectivity index (χ1) is 6.74. The van der Waals surface area contributed by atoms with Crippen LogP contribution in [0.15, 0.2) is 36.7 Å². The van der Waals surface area contributed by atoms with Crippen LogP contribution in [0.4, 0.5) is 5.69 Å². The highest BCUT2D eigenvalue weighted by Crippen LogP contribution is 2.08. The number of halogens is 1. The minimum Gasteiger partial charge on any atom is -0.399 e. The van der Waals surface area contributed by atoms with Gasteiger partial charge in [0.1, 0.15) is 0 Å². The van der Waals surface area contributed by atoms with E-state index >= 15 is 0 Å². The molecule has 0 atom stereocenters. The molecule has 0 radical (unpaired) electrons. The van der Waals surface area contributed by atoms with Gasteiger partial charge in [0, 0.05) is 11.9 Å². The third-order valence-electron chi connectivity index (χ3n) is 1.93. The van der Waals surface area contributed by atoms with E-state index in [1.165, 1.54) is 5.56 Å². The van der Waals surface area contributed by atoms with Crippen molar-refractivity contribution in [3.63, 3.8) is 0 Å². The molecule has 0 fully saturated rings. The number of nitrogens with zero attached hydrogens (tertiary/aromatic N) is 2. The molecule has 0 spiro atoms. The standard InChI is InChI=1S/C10H10IN3/c11-9-5-13-14(7-9)6-8-1-3-10(12)4-2-8/h1-5,7H,6,12H2. The molecule has 0 saturated carbocycles. The van der Waals surface area contributed by atoms with Gasteiger partial charge in [-0.05, 0) is 40.3 Å². The quantitative estimate of drug-likeness (QED) is 0.682. The van der Waals surface area contributed by atoms with E-state index in [0.29, 0.717) is 0 Å². The van der Waals surface area contributed by atoms with Crippen molar-refractivity contribution in [1.82, 2.24) is 9.78 Å². The Bertz CT molecular complexity index is 419. The summed E-state index contributed by atoms with van der Waals surface area (Å²) in [5, 5.41) is 4.21. The third-order valence-corrected chi connectivity index (χ3v) is 2.48. The largest absolute Gasteiger partial charge is 0.399 e. The minimum absolute atomic E-state index is 0.795. The van der Waals surface area contributed by atoms with Crippen LogP contribution >= 0.6 is 22.6 Å². The summed E-state index contributed by atoms with van der Waals surface area (Å²) in [7, 11) is 0. The van der Waals surface area contributed by atoms with Crippen LogP contribution < -0.4 is 5.73 Å². The molecule has 0 unspecified atom stereocenters. The fourth-order valence-corrected chi connectivity index (χ4v) is 1.68. The molecule has 3 nitrogen and oxygen atoms in total. The van der Waals surface area contributed by atoms with Crippen LogP contribution in [0.25, 0.3) is 0 Å². The average molecular weight is 299 g/mol. The second-order valence-corrected chi connectivity index (χ2v) is 4.34. The molecule has 0 saturated heterocycles. The summed E-state index contributed by atoms with van der Waals surface area (Å²) in [5.41, 5.74) is 7.60. The molecule has 1 heterocycles. The Hall–Kier alpha value is -1.04. The summed E-state index contributed by atoms with van der Waals surface area (Å²) in [4.78, 5) is 0. The lowest BCUT2D eigenvalue weighted by Gasteiger charge is -2.01. The van der Waals surface area contributed by atoms with Gasteiger partial charge >= 0.3 is 0 Å². The molecule has 4 heteroatoms. The van der Waals surface area contributed by atoms with Crippen molar-refractivity contribution in [1.29, 1.82) is 0 Å². The Morgan fingerprint density at radius 1 is 1.29 bits per heavy atom. The van der Waals surface area contributed by atoms with E-state index < -0.39 is 0 Å². The van der Waals surface area contributed by atoms with E-state index in [0.717, 1.165) is 15.8 Å². The molecular formula is C10H10IN3. The molecule has 2 N–H and O–H groups in total. The van der Waals surface area contributed by atoms with Crippen molar-refractivity contribution in [2.75, 3.05) is 5.73 Å². The van der Waals surface area contributed by atoms with Gasteiger partial charge in [-0.25, -0.2) is 0 Å². The molecule has 14 heavy (non-hydrogen) atoms. The van der Waals surface area contributed by atoms with Gasteiger partial charge in [-0.1, -0.05) is 12.1 Å². The lowest BCUT2D eigenvalue weighted by molar-refractivity contribution is 0.686. The highest BCUT2D eigenvalue weighted by atomic mass is 127. The second kappa shape index (κ2) is 4.00. The molecule has 2 aromatic rings. The minimum atomic E-state index is 0.795. The summed E-state index contributed by atoms with van der Waals surface area (Å²) in [6, 6.07) is 7.85. The van der Waals surface area contributed by atoms with E-state index in [1.54, 1.807) is 0 Å². The Balaban J connectivity index is 2.15. The van der Waals surface area contributed by atoms with Crippen molar-refractivity contribution in [2.24, 2.45) is 0 Å². The zero-order valence-corrected chi connectivity index (χ0v) is 9.68. The fraction of sp³-hybridized carbons (Fsp3) is 0.100. The third kappa shape index (κ3) is 2.25. The van der Waals surface area contributed by atoms with E-state index in [4.69, 9.17) is 5.73 Å². The molecule has 0 bridgehead atoms. The van der Waals surface area contributed by atoms with Crippen molar-refractivity contribution in [3.8, 4) is 0 Å². The lowest BCUT2D eigenvalue weighted by Crippen LogP contribution is -1.99. The number of rotatable bonds is 2. The number of aromatic nitrogens is 2. The zero-order valence-electron chi connectivity index (χ0n) is 7.52. The Morgan fingerprint density at radius 3 is 2.57 bits per heavy atom. The summed E-state index contributed by atoms with van der Waals surface area (Å²) in [6.07, 6.45) is 3.86. The highest BCUT2D eigenvalue weighted by Gasteiger charge is 1.96. The zero-order chi connectivity index (χ0) is 9.97. The van der Waals surface area contributed by atoms with Crippen LogP contribution in [-0.2, 0) is 6.54 Å². The van der Waals surface area contributed by atoms with Gasteiger partial charge in [0.15, 0.2) is 0 Å². The molecule has 0 aliphatic carbocycles. The van der Waals surface area contributed by atoms with Gasteiger partial charge in [0.05, 0.1) is 16.3 Å². The molecule has 1 aromatic heterocycles. The van der Waals surface area contributed by atoms with E-state index in [-0.39, 0.29) is 0 Å². The predicted molar refractivity (Wildman–Crippen MR) is 64.9 cm³/mol. The number of nitrogen functional groups attached to an aromatic ring is 1. The second-order valence-electron chi connectivity index (χ2n) is 3.10. The first-order valence-corrected chi connectivity index (χ1v) is 5.34. The van der Waals surface area contributed by atoms with Gasteiger partial charge in [-0.2, -0.15) is 5.10 Å². The smallest absolute Gasteiger partial charge is 0.0659 e.